The number of nitro groups is 1. The van der Waals surface area contributed by atoms with E-state index in [1.54, 1.807) is 6.92 Å². The van der Waals surface area contributed by atoms with E-state index in [0.29, 0.717) is 6.08 Å². The predicted molar refractivity (Wildman–Crippen MR) is 41.8 cm³/mol. The van der Waals surface area contributed by atoms with E-state index in [1.807, 2.05) is 0 Å². The lowest BCUT2D eigenvalue weighted by atomic mass is 10.3. The number of rotatable bonds is 3. The number of hydrogen-bond donors (Lipinski definition) is 1. The second-order valence-corrected chi connectivity index (χ2v) is 2.19. The maximum absolute atomic E-state index is 12.7. The summed E-state index contributed by atoms with van der Waals surface area (Å²) in [5.74, 6) is -1.43. The molecule has 0 unspecified atom stereocenters. The molecule has 0 rings (SSSR count). The minimum Gasteiger partial charge on any atom is -0.509 e. The molecule has 0 amide bonds. The number of hydrogen-bond acceptors (Lipinski definition) is 3. The largest absolute Gasteiger partial charge is 0.509 e. The van der Waals surface area contributed by atoms with E-state index < -0.39 is 16.5 Å². The molecule has 0 saturated carbocycles. The summed E-state index contributed by atoms with van der Waals surface area (Å²) < 4.78 is 12.7. The summed E-state index contributed by atoms with van der Waals surface area (Å²) in [5.41, 5.74) is -0.340. The van der Waals surface area contributed by atoms with Crippen molar-refractivity contribution in [1.29, 1.82) is 0 Å². The Kier molecular flexibility index (Phi) is 3.96. The second-order valence-electron chi connectivity index (χ2n) is 2.19. The molecule has 0 aliphatic rings. The molecule has 1 N–H and O–H groups in total. The molecular weight excluding hydrogens is 165 g/mol. The van der Waals surface area contributed by atoms with E-state index in [0.717, 1.165) is 6.92 Å². The zero-order chi connectivity index (χ0) is 9.72. The van der Waals surface area contributed by atoms with E-state index in [4.69, 9.17) is 5.11 Å². The van der Waals surface area contributed by atoms with E-state index in [1.165, 1.54) is 0 Å². The number of halogens is 1. The maximum atomic E-state index is 12.7. The van der Waals surface area contributed by atoms with Gasteiger partial charge in [0.05, 0.1) is 11.0 Å². The smallest absolute Gasteiger partial charge is 0.246 e. The first kappa shape index (κ1) is 10.6. The van der Waals surface area contributed by atoms with Gasteiger partial charge in [-0.1, -0.05) is 6.92 Å². The molecule has 0 aromatic carbocycles. The van der Waals surface area contributed by atoms with Gasteiger partial charge in [-0.15, -0.1) is 0 Å². The van der Waals surface area contributed by atoms with Gasteiger partial charge in [0.15, 0.2) is 5.83 Å². The van der Waals surface area contributed by atoms with Crippen LogP contribution in [0.15, 0.2) is 23.4 Å². The van der Waals surface area contributed by atoms with Crippen molar-refractivity contribution in [2.45, 2.75) is 20.3 Å². The van der Waals surface area contributed by atoms with Crippen LogP contribution < -0.4 is 0 Å². The van der Waals surface area contributed by atoms with Crippen molar-refractivity contribution in [2.24, 2.45) is 0 Å². The third kappa shape index (κ3) is 3.14. The average molecular weight is 175 g/mol. The molecule has 0 heterocycles. The third-order valence-electron chi connectivity index (χ3n) is 1.23. The van der Waals surface area contributed by atoms with Gasteiger partial charge in [-0.2, -0.15) is 0 Å². The Morgan fingerprint density at radius 3 is 2.58 bits per heavy atom. The van der Waals surface area contributed by atoms with Crippen LogP contribution in [-0.4, -0.2) is 10.0 Å². The molecule has 0 saturated heterocycles. The number of aliphatic hydroxyl groups excluding tert-OH is 1. The predicted octanol–water partition coefficient (Wildman–Crippen LogP) is 2.32. The summed E-state index contributed by atoms with van der Waals surface area (Å²) in [6.45, 7) is 2.70. The van der Waals surface area contributed by atoms with Crippen LogP contribution in [0.5, 0.6) is 0 Å². The van der Waals surface area contributed by atoms with Crippen LogP contribution in [-0.2, 0) is 0 Å². The van der Waals surface area contributed by atoms with Crippen molar-refractivity contribution in [3.63, 3.8) is 0 Å². The highest BCUT2D eigenvalue weighted by atomic mass is 19.1. The Morgan fingerprint density at radius 1 is 1.75 bits per heavy atom. The molecule has 0 aliphatic carbocycles. The van der Waals surface area contributed by atoms with Crippen molar-refractivity contribution >= 4 is 0 Å². The van der Waals surface area contributed by atoms with Crippen molar-refractivity contribution in [3.05, 3.63) is 33.5 Å². The van der Waals surface area contributed by atoms with Gasteiger partial charge in [0.1, 0.15) is 5.76 Å². The molecule has 0 bridgehead atoms. The summed E-state index contributed by atoms with van der Waals surface area (Å²) in [4.78, 5) is 9.29. The highest BCUT2D eigenvalue weighted by Crippen LogP contribution is 2.10. The fourth-order valence-electron chi connectivity index (χ4n) is 0.488. The molecule has 4 nitrogen and oxygen atoms in total. The molecule has 0 aromatic rings. The molecular formula is C7H10FNO3. The zero-order valence-electron chi connectivity index (χ0n) is 6.87. The fourth-order valence-corrected chi connectivity index (χ4v) is 0.488. The fraction of sp³-hybridized carbons (Fsp3) is 0.429. The first-order valence-electron chi connectivity index (χ1n) is 3.39. The van der Waals surface area contributed by atoms with Gasteiger partial charge < -0.3 is 5.11 Å². The van der Waals surface area contributed by atoms with Crippen LogP contribution in [0, 0.1) is 10.1 Å². The monoisotopic (exact) mass is 175 g/mol. The Hall–Kier alpha value is -1.39. The summed E-state index contributed by atoms with van der Waals surface area (Å²) in [7, 11) is 0. The van der Waals surface area contributed by atoms with Gasteiger partial charge in [0.2, 0.25) is 5.70 Å². The molecule has 0 radical (unpaired) electrons. The number of nitrogens with zero attached hydrogens (tertiary/aromatic N) is 1. The van der Waals surface area contributed by atoms with E-state index in [2.05, 4.69) is 0 Å². The zero-order valence-corrected chi connectivity index (χ0v) is 6.87. The van der Waals surface area contributed by atoms with Crippen molar-refractivity contribution in [3.8, 4) is 0 Å². The van der Waals surface area contributed by atoms with E-state index >= 15 is 0 Å². The van der Waals surface area contributed by atoms with Crippen molar-refractivity contribution < 1.29 is 14.4 Å². The Morgan fingerprint density at radius 2 is 2.25 bits per heavy atom. The quantitative estimate of drug-likeness (QED) is 0.310. The normalized spacial score (nSPS) is 14.1. The molecule has 5 heteroatoms. The standard InChI is InChI=1S/C7H10FNO3/c1-3-7(10)6(8)4-5(2)9(11)12/h4,10H,3H2,1-2H3/b5-4?,7-6-. The first-order valence-corrected chi connectivity index (χ1v) is 3.39. The lowest BCUT2D eigenvalue weighted by Crippen LogP contribution is -1.94. The topological polar surface area (TPSA) is 63.4 Å². The van der Waals surface area contributed by atoms with Crippen LogP contribution in [0.2, 0.25) is 0 Å². The highest BCUT2D eigenvalue weighted by Gasteiger charge is 2.06. The first-order chi connectivity index (χ1) is 5.49. The minimum absolute atomic E-state index is 0.118. The molecule has 0 aliphatic heterocycles. The number of allylic oxidation sites excluding steroid dienone is 4. The minimum atomic E-state index is -0.952. The molecule has 0 fully saturated rings. The Balaban J connectivity index is 4.64. The SMILES string of the molecule is CC/C(O)=C(/F)C=C(C)[N+](=O)[O-]. The van der Waals surface area contributed by atoms with E-state index in [9.17, 15) is 14.5 Å². The van der Waals surface area contributed by atoms with Crippen molar-refractivity contribution in [2.75, 3.05) is 0 Å². The molecule has 0 aromatic heterocycles. The van der Waals surface area contributed by atoms with Crippen LogP contribution in [0.4, 0.5) is 4.39 Å². The highest BCUT2D eigenvalue weighted by molar-refractivity contribution is 5.16. The Bertz CT molecular complexity index is 245. The Labute approximate surface area is 69.2 Å². The van der Waals surface area contributed by atoms with Gasteiger partial charge in [-0.05, 0) is 0 Å². The van der Waals surface area contributed by atoms with Gasteiger partial charge >= 0.3 is 0 Å². The van der Waals surface area contributed by atoms with Gasteiger partial charge in [0.25, 0.3) is 0 Å². The summed E-state index contributed by atoms with van der Waals surface area (Å²) >= 11 is 0. The van der Waals surface area contributed by atoms with Gasteiger partial charge in [-0.25, -0.2) is 4.39 Å². The molecule has 68 valence electrons. The van der Waals surface area contributed by atoms with Crippen LogP contribution >= 0.6 is 0 Å². The summed E-state index contributed by atoms with van der Waals surface area (Å²) in [6.07, 6.45) is 0.812. The van der Waals surface area contributed by atoms with Gasteiger partial charge in [-0.3, -0.25) is 10.1 Å². The van der Waals surface area contributed by atoms with Gasteiger partial charge in [0, 0.05) is 13.3 Å². The third-order valence-corrected chi connectivity index (χ3v) is 1.23. The van der Waals surface area contributed by atoms with Crippen LogP contribution in [0.3, 0.4) is 0 Å². The maximum Gasteiger partial charge on any atom is 0.246 e. The van der Waals surface area contributed by atoms with Crippen molar-refractivity contribution in [1.82, 2.24) is 0 Å². The number of aliphatic hydroxyl groups is 1. The summed E-state index contributed by atoms with van der Waals surface area (Å²) in [5, 5.41) is 18.8. The molecule has 12 heavy (non-hydrogen) atoms. The molecule has 0 atom stereocenters. The lowest BCUT2D eigenvalue weighted by Gasteiger charge is -1.93. The lowest BCUT2D eigenvalue weighted by molar-refractivity contribution is -0.424. The summed E-state index contributed by atoms with van der Waals surface area (Å²) in [6, 6.07) is 0. The average Bonchev–Trinajstić information content (AvgIpc) is 2.02. The second kappa shape index (κ2) is 4.48. The molecule has 0 spiro atoms. The van der Waals surface area contributed by atoms with Crippen LogP contribution in [0.25, 0.3) is 0 Å². The van der Waals surface area contributed by atoms with Crippen LogP contribution in [0.1, 0.15) is 20.3 Å². The van der Waals surface area contributed by atoms with E-state index in [-0.39, 0.29) is 12.1 Å².